The summed E-state index contributed by atoms with van der Waals surface area (Å²) in [6, 6.07) is 13.1. The van der Waals surface area contributed by atoms with Crippen LogP contribution in [0.15, 0.2) is 73.2 Å². The zero-order valence-electron chi connectivity index (χ0n) is 13.5. The van der Waals surface area contributed by atoms with Crippen molar-refractivity contribution < 1.29 is 22.5 Å². The third-order valence-corrected chi connectivity index (χ3v) is 5.55. The molecule has 4 rings (SSSR count). The van der Waals surface area contributed by atoms with E-state index < -0.39 is 10.1 Å². The molecule has 2 aromatic rings. The third kappa shape index (κ3) is 3.12. The Morgan fingerprint density at radius 3 is 2.41 bits per heavy atom. The van der Waals surface area contributed by atoms with Gasteiger partial charge in [0.1, 0.15) is 22.0 Å². The van der Waals surface area contributed by atoms with E-state index in [9.17, 15) is 22.9 Å². The smallest absolute Gasteiger partial charge is 0.295 e. The molecule has 0 radical (unpaired) electrons. The summed E-state index contributed by atoms with van der Waals surface area (Å²) >= 11 is 3.21. The van der Waals surface area contributed by atoms with Crippen LogP contribution < -0.4 is 5.43 Å². The number of phenolic OH excluding ortho intramolecular Hbond substituents is 1. The van der Waals surface area contributed by atoms with Gasteiger partial charge in [-0.3, -0.25) is 9.35 Å². The summed E-state index contributed by atoms with van der Waals surface area (Å²) in [4.78, 5) is 11.5. The topological polar surface area (TPSA) is 105 Å². The fourth-order valence-electron chi connectivity index (χ4n) is 3.07. The van der Waals surface area contributed by atoms with Crippen LogP contribution in [0, 0.1) is 0 Å². The SMILES string of the molecule is O=c1ccc2c(-c3ccc(Br)cc3S(=O)(=O)O)c3ccc(O)cc3oc-2c1. The van der Waals surface area contributed by atoms with Gasteiger partial charge in [0.2, 0.25) is 0 Å². The molecular weight excluding hydrogens is 436 g/mol. The van der Waals surface area contributed by atoms with Gasteiger partial charge in [-0.15, -0.1) is 0 Å². The molecule has 136 valence electrons. The number of hydrogen-bond donors (Lipinski definition) is 2. The van der Waals surface area contributed by atoms with Crippen LogP contribution in [-0.4, -0.2) is 18.1 Å². The van der Waals surface area contributed by atoms with E-state index in [1.165, 1.54) is 30.3 Å². The molecule has 1 heterocycles. The second kappa shape index (κ2) is 6.19. The van der Waals surface area contributed by atoms with Crippen LogP contribution in [0.1, 0.15) is 0 Å². The Hall–Kier alpha value is -2.68. The third-order valence-electron chi connectivity index (χ3n) is 4.17. The van der Waals surface area contributed by atoms with Gasteiger partial charge in [0, 0.05) is 38.7 Å². The lowest BCUT2D eigenvalue weighted by Gasteiger charge is -2.17. The van der Waals surface area contributed by atoms with Gasteiger partial charge in [0.25, 0.3) is 10.1 Å². The molecule has 0 saturated heterocycles. The fraction of sp³-hybridized carbons (Fsp3) is 0. The van der Waals surface area contributed by atoms with Gasteiger partial charge in [-0.05, 0) is 36.4 Å². The summed E-state index contributed by atoms with van der Waals surface area (Å²) < 4.78 is 39.9. The molecule has 0 fully saturated rings. The monoisotopic (exact) mass is 446 g/mol. The van der Waals surface area contributed by atoms with E-state index in [0.717, 1.165) is 0 Å². The van der Waals surface area contributed by atoms with E-state index in [0.29, 0.717) is 21.0 Å². The zero-order chi connectivity index (χ0) is 19.3. The molecule has 0 spiro atoms. The summed E-state index contributed by atoms with van der Waals surface area (Å²) in [6.45, 7) is 0. The Balaban J connectivity index is 2.24. The maximum atomic E-state index is 12.0. The highest BCUT2D eigenvalue weighted by Gasteiger charge is 2.24. The van der Waals surface area contributed by atoms with Gasteiger partial charge in [0.15, 0.2) is 5.43 Å². The lowest BCUT2D eigenvalue weighted by Crippen LogP contribution is -2.04. The quantitative estimate of drug-likeness (QED) is 0.351. The number of aromatic hydroxyl groups is 1. The first-order valence-corrected chi connectivity index (χ1v) is 9.94. The zero-order valence-corrected chi connectivity index (χ0v) is 15.9. The summed E-state index contributed by atoms with van der Waals surface area (Å²) in [5.74, 6) is 0.195. The molecule has 1 aliphatic carbocycles. The first-order valence-electron chi connectivity index (χ1n) is 7.71. The van der Waals surface area contributed by atoms with Crippen molar-refractivity contribution in [2.24, 2.45) is 0 Å². The molecule has 1 aliphatic heterocycles. The lowest BCUT2D eigenvalue weighted by atomic mass is 9.93. The maximum Gasteiger partial charge on any atom is 0.295 e. The summed E-state index contributed by atoms with van der Waals surface area (Å²) in [7, 11) is -4.53. The number of fused-ring (bicyclic) bond motifs is 2. The van der Waals surface area contributed by atoms with Crippen molar-refractivity contribution >= 4 is 37.0 Å². The van der Waals surface area contributed by atoms with Crippen molar-refractivity contribution in [1.29, 1.82) is 0 Å². The van der Waals surface area contributed by atoms with Crippen LogP contribution in [0.25, 0.3) is 33.4 Å². The number of halogens is 1. The summed E-state index contributed by atoms with van der Waals surface area (Å²) in [5.41, 5.74) is 1.21. The minimum absolute atomic E-state index is 0.0411. The van der Waals surface area contributed by atoms with E-state index in [1.807, 2.05) is 0 Å². The average Bonchev–Trinajstić information content (AvgIpc) is 2.59. The predicted octanol–water partition coefficient (Wildman–Crippen LogP) is 4.28. The van der Waals surface area contributed by atoms with Crippen molar-refractivity contribution in [1.82, 2.24) is 0 Å². The molecule has 8 heteroatoms. The van der Waals surface area contributed by atoms with Crippen molar-refractivity contribution in [3.05, 3.63) is 69.3 Å². The minimum atomic E-state index is -4.53. The molecule has 2 aromatic carbocycles. The van der Waals surface area contributed by atoms with E-state index in [2.05, 4.69) is 15.9 Å². The van der Waals surface area contributed by atoms with Crippen molar-refractivity contribution in [3.63, 3.8) is 0 Å². The van der Waals surface area contributed by atoms with Gasteiger partial charge in [0.05, 0.1) is 0 Å². The first kappa shape index (κ1) is 17.7. The standard InChI is InChI=1S/C19H11BrO6S/c20-10-1-4-15(18(7-10)27(23,24)25)19-13-5-2-11(21)8-16(13)26-17-9-12(22)3-6-14(17)19/h1-9,21H,(H,23,24,25). The minimum Gasteiger partial charge on any atom is -0.508 e. The van der Waals surface area contributed by atoms with E-state index in [4.69, 9.17) is 4.42 Å². The highest BCUT2D eigenvalue weighted by atomic mass is 79.9. The second-order valence-electron chi connectivity index (χ2n) is 5.93. The number of hydrogen-bond acceptors (Lipinski definition) is 5. The highest BCUT2D eigenvalue weighted by molar-refractivity contribution is 9.10. The van der Waals surface area contributed by atoms with Crippen LogP contribution in [0.4, 0.5) is 0 Å². The molecule has 0 unspecified atom stereocenters. The van der Waals surface area contributed by atoms with Crippen LogP contribution in [0.3, 0.4) is 0 Å². The Morgan fingerprint density at radius 1 is 0.926 bits per heavy atom. The van der Waals surface area contributed by atoms with Gasteiger partial charge < -0.3 is 9.52 Å². The van der Waals surface area contributed by atoms with Crippen molar-refractivity contribution in [2.75, 3.05) is 0 Å². The molecule has 0 amide bonds. The Morgan fingerprint density at radius 2 is 1.67 bits per heavy atom. The van der Waals surface area contributed by atoms with Crippen LogP contribution >= 0.6 is 15.9 Å². The Kier molecular flexibility index (Phi) is 4.06. The lowest BCUT2D eigenvalue weighted by molar-refractivity contribution is 0.474. The molecule has 6 nitrogen and oxygen atoms in total. The molecule has 0 saturated carbocycles. The fourth-order valence-corrected chi connectivity index (χ4v) is 4.30. The molecule has 0 bridgehead atoms. The summed E-state index contributed by atoms with van der Waals surface area (Å²) in [5, 5.41) is 10.3. The number of rotatable bonds is 2. The number of phenols is 1. The molecule has 0 atom stereocenters. The van der Waals surface area contributed by atoms with Gasteiger partial charge in [-0.1, -0.05) is 22.0 Å². The molecule has 2 N–H and O–H groups in total. The number of benzene rings is 3. The Labute approximate surface area is 161 Å². The van der Waals surface area contributed by atoms with Crippen LogP contribution in [-0.2, 0) is 10.1 Å². The van der Waals surface area contributed by atoms with E-state index in [1.54, 1.807) is 24.3 Å². The summed E-state index contributed by atoms with van der Waals surface area (Å²) in [6.07, 6.45) is 0. The average molecular weight is 447 g/mol. The maximum absolute atomic E-state index is 12.0. The van der Waals surface area contributed by atoms with Crippen LogP contribution in [0.2, 0.25) is 0 Å². The molecule has 27 heavy (non-hydrogen) atoms. The Bertz CT molecular complexity index is 1340. The van der Waals surface area contributed by atoms with Gasteiger partial charge in [-0.25, -0.2) is 0 Å². The van der Waals surface area contributed by atoms with E-state index in [-0.39, 0.29) is 33.0 Å². The van der Waals surface area contributed by atoms with Gasteiger partial charge in [-0.2, -0.15) is 8.42 Å². The predicted molar refractivity (Wildman–Crippen MR) is 104 cm³/mol. The highest BCUT2D eigenvalue weighted by Crippen LogP contribution is 2.43. The second-order valence-corrected chi connectivity index (χ2v) is 8.24. The molecule has 2 aliphatic rings. The van der Waals surface area contributed by atoms with Crippen molar-refractivity contribution in [3.8, 4) is 28.2 Å². The normalized spacial score (nSPS) is 11.9. The van der Waals surface area contributed by atoms with E-state index >= 15 is 0 Å². The molecular formula is C19H11BrO6S. The largest absolute Gasteiger partial charge is 0.508 e. The first-order chi connectivity index (χ1) is 12.7. The van der Waals surface area contributed by atoms with Gasteiger partial charge >= 0.3 is 0 Å². The van der Waals surface area contributed by atoms with Crippen LogP contribution in [0.5, 0.6) is 5.75 Å². The van der Waals surface area contributed by atoms with Crippen molar-refractivity contribution in [2.45, 2.75) is 4.90 Å². The molecule has 0 aromatic heterocycles.